The van der Waals surface area contributed by atoms with Crippen LogP contribution in [0.4, 0.5) is 0 Å². The molecule has 20 heavy (non-hydrogen) atoms. The van der Waals surface area contributed by atoms with E-state index in [1.165, 1.54) is 8.61 Å². The van der Waals surface area contributed by atoms with Crippen LogP contribution in [0.5, 0.6) is 0 Å². The van der Waals surface area contributed by atoms with Crippen molar-refractivity contribution in [2.24, 2.45) is 0 Å². The summed E-state index contributed by atoms with van der Waals surface area (Å²) >= 11 is 0. The van der Waals surface area contributed by atoms with E-state index in [1.807, 2.05) is 26.0 Å². The van der Waals surface area contributed by atoms with Gasteiger partial charge in [0.15, 0.2) is 0 Å². The van der Waals surface area contributed by atoms with Gasteiger partial charge >= 0.3 is 0 Å². The lowest BCUT2D eigenvalue weighted by molar-refractivity contribution is -0.0453. The van der Waals surface area contributed by atoms with E-state index in [-0.39, 0.29) is 12.2 Å². The molecule has 0 radical (unpaired) electrons. The molecular weight excluding hydrogens is 278 g/mol. The van der Waals surface area contributed by atoms with Gasteiger partial charge < -0.3 is 4.74 Å². The number of hydrogen-bond donors (Lipinski definition) is 0. The molecule has 0 aliphatic carbocycles. The summed E-state index contributed by atoms with van der Waals surface area (Å²) in [5.41, 5.74) is 0.917. The lowest BCUT2D eigenvalue weighted by atomic mass is 10.3. The van der Waals surface area contributed by atoms with Crippen molar-refractivity contribution in [3.63, 3.8) is 0 Å². The molecule has 0 bridgehead atoms. The molecule has 2 atom stereocenters. The number of nitrogens with zero attached hydrogens (tertiary/aromatic N) is 3. The minimum Gasteiger partial charge on any atom is -0.373 e. The van der Waals surface area contributed by atoms with E-state index < -0.39 is 10.2 Å². The monoisotopic (exact) mass is 299 g/mol. The van der Waals surface area contributed by atoms with Crippen molar-refractivity contribution in [1.29, 1.82) is 0 Å². The Labute approximate surface area is 120 Å². The Morgan fingerprint density at radius 1 is 1.30 bits per heavy atom. The first-order chi connectivity index (χ1) is 9.39. The van der Waals surface area contributed by atoms with Crippen LogP contribution in [-0.4, -0.2) is 54.4 Å². The Morgan fingerprint density at radius 2 is 1.85 bits per heavy atom. The van der Waals surface area contributed by atoms with Crippen LogP contribution < -0.4 is 0 Å². The molecule has 2 heterocycles. The summed E-state index contributed by atoms with van der Waals surface area (Å²) in [6, 6.07) is 3.63. The molecule has 1 aliphatic heterocycles. The zero-order valence-corrected chi connectivity index (χ0v) is 12.9. The highest BCUT2D eigenvalue weighted by Gasteiger charge is 2.33. The number of ether oxygens (including phenoxy) is 1. The topological polar surface area (TPSA) is 62.7 Å². The lowest BCUT2D eigenvalue weighted by Gasteiger charge is -2.36. The van der Waals surface area contributed by atoms with Crippen LogP contribution in [0.1, 0.15) is 19.4 Å². The first-order valence-corrected chi connectivity index (χ1v) is 8.05. The first-order valence-electron chi connectivity index (χ1n) is 6.65. The maximum atomic E-state index is 12.6. The molecule has 6 nitrogen and oxygen atoms in total. The van der Waals surface area contributed by atoms with E-state index in [1.54, 1.807) is 19.4 Å². The predicted molar refractivity (Wildman–Crippen MR) is 76.2 cm³/mol. The van der Waals surface area contributed by atoms with E-state index in [2.05, 4.69) is 4.98 Å². The van der Waals surface area contributed by atoms with E-state index in [0.717, 1.165) is 5.56 Å². The summed E-state index contributed by atoms with van der Waals surface area (Å²) in [5.74, 6) is 0. The maximum absolute atomic E-state index is 12.6. The minimum atomic E-state index is -3.46. The zero-order chi connectivity index (χ0) is 14.8. The molecule has 0 saturated carbocycles. The Hall–Kier alpha value is -1.02. The normalized spacial score (nSPS) is 25.0. The third-order valence-corrected chi connectivity index (χ3v) is 5.13. The highest BCUT2D eigenvalue weighted by atomic mass is 32.2. The molecule has 1 aromatic rings. The van der Waals surface area contributed by atoms with Crippen molar-refractivity contribution >= 4 is 10.2 Å². The highest BCUT2D eigenvalue weighted by molar-refractivity contribution is 7.86. The fourth-order valence-corrected chi connectivity index (χ4v) is 3.85. The molecule has 0 spiro atoms. The molecule has 1 saturated heterocycles. The third-order valence-electron chi connectivity index (χ3n) is 3.26. The average molecular weight is 299 g/mol. The van der Waals surface area contributed by atoms with Crippen molar-refractivity contribution in [2.75, 3.05) is 20.1 Å². The molecule has 7 heteroatoms. The van der Waals surface area contributed by atoms with Crippen LogP contribution in [0.25, 0.3) is 0 Å². The zero-order valence-electron chi connectivity index (χ0n) is 12.1. The molecule has 1 fully saturated rings. The number of hydrogen-bond acceptors (Lipinski definition) is 4. The van der Waals surface area contributed by atoms with Crippen molar-refractivity contribution in [3.05, 3.63) is 30.1 Å². The minimum absolute atomic E-state index is 0.0807. The molecule has 0 unspecified atom stereocenters. The predicted octanol–water partition coefficient (Wildman–Crippen LogP) is 0.867. The van der Waals surface area contributed by atoms with E-state index in [9.17, 15) is 8.42 Å². The molecule has 2 rings (SSSR count). The van der Waals surface area contributed by atoms with Gasteiger partial charge in [-0.05, 0) is 31.5 Å². The van der Waals surface area contributed by atoms with Crippen LogP contribution in [0.15, 0.2) is 24.5 Å². The highest BCUT2D eigenvalue weighted by Crippen LogP contribution is 2.17. The Morgan fingerprint density at radius 3 is 2.40 bits per heavy atom. The van der Waals surface area contributed by atoms with E-state index in [4.69, 9.17) is 4.74 Å². The van der Waals surface area contributed by atoms with Crippen LogP contribution >= 0.6 is 0 Å². The Kier molecular flexibility index (Phi) is 4.74. The molecule has 112 valence electrons. The fraction of sp³-hybridized carbons (Fsp3) is 0.615. The van der Waals surface area contributed by atoms with Gasteiger partial charge in [0.05, 0.1) is 12.2 Å². The maximum Gasteiger partial charge on any atom is 0.282 e. The molecule has 1 aromatic heterocycles. The Bertz CT molecular complexity index is 525. The molecule has 0 aromatic carbocycles. The van der Waals surface area contributed by atoms with Gasteiger partial charge in [-0.2, -0.15) is 17.0 Å². The SMILES string of the molecule is C[C@H]1CN(S(=O)(=O)N(C)Cc2ccncc2)C[C@H](C)O1. The second-order valence-electron chi connectivity index (χ2n) is 5.19. The number of pyridine rings is 1. The number of morpholine rings is 1. The summed E-state index contributed by atoms with van der Waals surface area (Å²) in [6.07, 6.45) is 3.16. The van der Waals surface area contributed by atoms with Crippen LogP contribution in [0, 0.1) is 0 Å². The molecule has 0 N–H and O–H groups in total. The van der Waals surface area contributed by atoms with Gasteiger partial charge in [0.2, 0.25) is 0 Å². The van der Waals surface area contributed by atoms with Crippen LogP contribution in [0.3, 0.4) is 0 Å². The number of aromatic nitrogens is 1. The smallest absolute Gasteiger partial charge is 0.282 e. The largest absolute Gasteiger partial charge is 0.373 e. The lowest BCUT2D eigenvalue weighted by Crippen LogP contribution is -2.52. The standard InChI is InChI=1S/C13H21N3O3S/c1-11-8-16(9-12(2)19-11)20(17,18)15(3)10-13-4-6-14-7-5-13/h4-7,11-12H,8-10H2,1-3H3/t11-,12-/m0/s1. The first kappa shape index (κ1) is 15.4. The van der Waals surface area contributed by atoms with Crippen molar-refractivity contribution in [3.8, 4) is 0 Å². The van der Waals surface area contributed by atoms with Crippen molar-refractivity contribution < 1.29 is 13.2 Å². The Balaban J connectivity index is 2.09. The van der Waals surface area contributed by atoms with E-state index >= 15 is 0 Å². The molecule has 0 amide bonds. The average Bonchev–Trinajstić information content (AvgIpc) is 2.38. The van der Waals surface area contributed by atoms with Gasteiger partial charge in [-0.3, -0.25) is 4.98 Å². The van der Waals surface area contributed by atoms with Gasteiger partial charge in [0, 0.05) is 39.1 Å². The van der Waals surface area contributed by atoms with Crippen molar-refractivity contribution in [2.45, 2.75) is 32.6 Å². The summed E-state index contributed by atoms with van der Waals surface area (Å²) < 4.78 is 33.6. The fourth-order valence-electron chi connectivity index (χ4n) is 2.34. The van der Waals surface area contributed by atoms with Crippen LogP contribution in [-0.2, 0) is 21.5 Å². The van der Waals surface area contributed by atoms with Gasteiger partial charge in [-0.25, -0.2) is 0 Å². The molecule has 1 aliphatic rings. The van der Waals surface area contributed by atoms with E-state index in [0.29, 0.717) is 19.6 Å². The second kappa shape index (κ2) is 6.17. The molecular formula is C13H21N3O3S. The summed E-state index contributed by atoms with van der Waals surface area (Å²) in [5, 5.41) is 0. The second-order valence-corrected chi connectivity index (χ2v) is 7.23. The summed E-state index contributed by atoms with van der Waals surface area (Å²) in [7, 11) is -1.86. The quantitative estimate of drug-likeness (QED) is 0.827. The van der Waals surface area contributed by atoms with Crippen LogP contribution in [0.2, 0.25) is 0 Å². The van der Waals surface area contributed by atoms with Crippen molar-refractivity contribution in [1.82, 2.24) is 13.6 Å². The van der Waals surface area contributed by atoms with Gasteiger partial charge in [0.25, 0.3) is 10.2 Å². The summed E-state index contributed by atoms with van der Waals surface area (Å²) in [6.45, 7) is 4.91. The summed E-state index contributed by atoms with van der Waals surface area (Å²) in [4.78, 5) is 3.93. The van der Waals surface area contributed by atoms with Gasteiger partial charge in [-0.1, -0.05) is 0 Å². The van der Waals surface area contributed by atoms with Gasteiger partial charge in [0.1, 0.15) is 0 Å². The third kappa shape index (κ3) is 3.54. The number of rotatable bonds is 4. The van der Waals surface area contributed by atoms with Gasteiger partial charge in [-0.15, -0.1) is 0 Å².